The van der Waals surface area contributed by atoms with Gasteiger partial charge in [-0.15, -0.1) is 5.01 Å². The van der Waals surface area contributed by atoms with Gasteiger partial charge in [0.15, 0.2) is 0 Å². The Morgan fingerprint density at radius 1 is 1.56 bits per heavy atom. The topological polar surface area (TPSA) is 107 Å². The molecule has 0 aromatic heterocycles. The average Bonchev–Trinajstić information content (AvgIpc) is 2.30. The molecule has 106 valence electrons. The number of likely N-dealkylation sites (N-methyl/N-ethyl adjacent to an activating group) is 1. The van der Waals surface area contributed by atoms with E-state index in [4.69, 9.17) is 5.11 Å². The van der Waals surface area contributed by atoms with Crippen molar-refractivity contribution in [2.24, 2.45) is 5.28 Å². The average molecular weight is 265 g/mol. The highest BCUT2D eigenvalue weighted by Crippen LogP contribution is 1.94. The van der Waals surface area contributed by atoms with Crippen molar-refractivity contribution in [1.82, 2.24) is 5.01 Å². The van der Waals surface area contributed by atoms with Crippen LogP contribution in [0.5, 0.6) is 0 Å². The molecule has 9 nitrogen and oxygen atoms in total. The molecule has 0 heterocycles. The second kappa shape index (κ2) is 9.28. The molecule has 0 rings (SSSR count). The lowest BCUT2D eigenvalue weighted by Gasteiger charge is -2.14. The molecule has 1 N–H and O–H groups in total. The molecule has 0 saturated heterocycles. The van der Waals surface area contributed by atoms with Gasteiger partial charge in [-0.3, -0.25) is 0 Å². The van der Waals surface area contributed by atoms with Crippen molar-refractivity contribution < 1.29 is 29.2 Å². The summed E-state index contributed by atoms with van der Waals surface area (Å²) in [4.78, 5) is 15.5. The largest absolute Gasteiger partial charge is 0.569 e. The monoisotopic (exact) mass is 265 g/mol. The van der Waals surface area contributed by atoms with Crippen LogP contribution in [0.4, 0.5) is 4.79 Å². The maximum atomic E-state index is 11.3. The first-order valence-electron chi connectivity index (χ1n) is 5.50. The Balaban J connectivity index is 3.89. The van der Waals surface area contributed by atoms with Crippen LogP contribution in [-0.4, -0.2) is 53.8 Å². The highest BCUT2D eigenvalue weighted by atomic mass is 16.8. The molecule has 0 bridgehead atoms. The molecule has 0 aromatic carbocycles. The number of hydrogen-bond donors (Lipinski definition) is 1. The van der Waals surface area contributed by atoms with Gasteiger partial charge in [-0.05, 0) is 20.8 Å². The van der Waals surface area contributed by atoms with Gasteiger partial charge in [0, 0.05) is 0 Å². The minimum atomic E-state index is -0.902. The fourth-order valence-corrected chi connectivity index (χ4v) is 0.906. The van der Waals surface area contributed by atoms with Gasteiger partial charge in [0.2, 0.25) is 5.28 Å². The van der Waals surface area contributed by atoms with Gasteiger partial charge < -0.3 is 24.6 Å². The van der Waals surface area contributed by atoms with Crippen LogP contribution >= 0.6 is 0 Å². The molecule has 0 aliphatic heterocycles. The predicted molar refractivity (Wildman–Crippen MR) is 59.0 cm³/mol. The van der Waals surface area contributed by atoms with Gasteiger partial charge in [-0.1, -0.05) is 0 Å². The molecule has 0 aliphatic rings. The lowest BCUT2D eigenvalue weighted by atomic mass is 10.5. The predicted octanol–water partition coefficient (Wildman–Crippen LogP) is 0.629. The van der Waals surface area contributed by atoms with Crippen LogP contribution in [0.1, 0.15) is 20.8 Å². The standard InChI is InChI=1S/C9H19N3O6/c1-4-11(5-6-13)12(15)10-17-7-16-9(14)18-8(2)3/h8,13H,4-7H2,1-3H3/b12-10-. The van der Waals surface area contributed by atoms with Gasteiger partial charge in [0.25, 0.3) is 6.79 Å². The molecule has 9 heteroatoms. The second-order valence-electron chi connectivity index (χ2n) is 3.41. The lowest BCUT2D eigenvalue weighted by molar-refractivity contribution is -0.711. The summed E-state index contributed by atoms with van der Waals surface area (Å²) in [7, 11) is 0. The Morgan fingerprint density at radius 2 is 2.22 bits per heavy atom. The third kappa shape index (κ3) is 7.49. The van der Waals surface area contributed by atoms with Crippen LogP contribution in [0.25, 0.3) is 0 Å². The number of carbonyl (C=O) groups excluding carboxylic acids is 1. The van der Waals surface area contributed by atoms with E-state index in [1.54, 1.807) is 20.8 Å². The Morgan fingerprint density at radius 3 is 2.72 bits per heavy atom. The van der Waals surface area contributed by atoms with E-state index in [1.165, 1.54) is 5.01 Å². The van der Waals surface area contributed by atoms with Crippen molar-refractivity contribution in [3.8, 4) is 0 Å². The zero-order chi connectivity index (χ0) is 14.0. The second-order valence-corrected chi connectivity index (χ2v) is 3.41. The number of ether oxygens (including phenoxy) is 2. The fraction of sp³-hybridized carbons (Fsp3) is 0.889. The molecule has 0 radical (unpaired) electrons. The summed E-state index contributed by atoms with van der Waals surface area (Å²) in [6.07, 6.45) is -1.20. The minimum absolute atomic E-state index is 0.128. The van der Waals surface area contributed by atoms with Gasteiger partial charge in [0.1, 0.15) is 0 Å². The maximum absolute atomic E-state index is 11.3. The van der Waals surface area contributed by atoms with E-state index in [0.717, 1.165) is 0 Å². The van der Waals surface area contributed by atoms with Gasteiger partial charge in [-0.25, -0.2) is 4.79 Å². The molecule has 0 saturated carbocycles. The van der Waals surface area contributed by atoms with Crippen LogP contribution in [0.2, 0.25) is 0 Å². The number of aliphatic hydroxyl groups excluding tert-OH is 1. The summed E-state index contributed by atoms with van der Waals surface area (Å²) in [5.74, 6) is 0. The van der Waals surface area contributed by atoms with Crippen LogP contribution in [0.15, 0.2) is 5.28 Å². The highest BCUT2D eigenvalue weighted by Gasteiger charge is 2.10. The zero-order valence-electron chi connectivity index (χ0n) is 10.7. The van der Waals surface area contributed by atoms with E-state index in [0.29, 0.717) is 6.54 Å². The Labute approximate surface area is 105 Å². The Hall–Kier alpha value is -1.77. The minimum Gasteiger partial charge on any atom is -0.569 e. The summed E-state index contributed by atoms with van der Waals surface area (Å²) in [5, 5.41) is 24.2. The first-order valence-corrected chi connectivity index (χ1v) is 5.50. The van der Waals surface area contributed by atoms with E-state index in [-0.39, 0.29) is 24.2 Å². The van der Waals surface area contributed by atoms with Crippen LogP contribution in [0, 0.1) is 5.21 Å². The SMILES string of the molecule is CCN(CCO)/[N+]([O-])=N/OCOC(=O)OC(C)C. The number of aliphatic hydroxyl groups is 1. The smallest absolute Gasteiger partial charge is 0.511 e. The van der Waals surface area contributed by atoms with E-state index >= 15 is 0 Å². The summed E-state index contributed by atoms with van der Waals surface area (Å²) >= 11 is 0. The zero-order valence-corrected chi connectivity index (χ0v) is 10.7. The van der Waals surface area contributed by atoms with Crippen molar-refractivity contribution >= 4 is 6.16 Å². The lowest BCUT2D eigenvalue weighted by Crippen LogP contribution is -2.33. The van der Waals surface area contributed by atoms with Crippen molar-refractivity contribution in [3.63, 3.8) is 0 Å². The fourth-order valence-electron chi connectivity index (χ4n) is 0.906. The molecule has 0 atom stereocenters. The molecule has 0 unspecified atom stereocenters. The molecular weight excluding hydrogens is 246 g/mol. The number of hydrogen-bond acceptors (Lipinski definition) is 7. The van der Waals surface area contributed by atoms with Crippen LogP contribution < -0.4 is 0 Å². The first-order chi connectivity index (χ1) is 8.51. The third-order valence-corrected chi connectivity index (χ3v) is 1.65. The van der Waals surface area contributed by atoms with Crippen molar-refractivity contribution in [1.29, 1.82) is 0 Å². The highest BCUT2D eigenvalue weighted by molar-refractivity contribution is 5.59. The van der Waals surface area contributed by atoms with Gasteiger partial charge in [-0.2, -0.15) is 0 Å². The third-order valence-electron chi connectivity index (χ3n) is 1.65. The normalized spacial score (nSPS) is 11.3. The van der Waals surface area contributed by atoms with Crippen LogP contribution in [-0.2, 0) is 14.3 Å². The maximum Gasteiger partial charge on any atom is 0.511 e. The quantitative estimate of drug-likeness (QED) is 0.171. The van der Waals surface area contributed by atoms with E-state index < -0.39 is 12.9 Å². The van der Waals surface area contributed by atoms with Gasteiger partial charge in [0.05, 0.1) is 30.8 Å². The number of hydrazine groups is 1. The first kappa shape index (κ1) is 16.2. The van der Waals surface area contributed by atoms with Crippen molar-refractivity contribution in [2.45, 2.75) is 26.9 Å². The van der Waals surface area contributed by atoms with E-state index in [1.807, 2.05) is 0 Å². The molecular formula is C9H19N3O6. The Bertz CT molecular complexity index is 271. The van der Waals surface area contributed by atoms with Crippen molar-refractivity contribution in [2.75, 3.05) is 26.5 Å². The molecule has 18 heavy (non-hydrogen) atoms. The molecule has 0 fully saturated rings. The van der Waals surface area contributed by atoms with E-state index in [2.05, 4.69) is 19.6 Å². The number of rotatable bonds is 8. The van der Waals surface area contributed by atoms with Crippen LogP contribution in [0.3, 0.4) is 0 Å². The molecule has 0 aliphatic carbocycles. The number of nitrogens with zero attached hydrogens (tertiary/aromatic N) is 3. The van der Waals surface area contributed by atoms with Gasteiger partial charge >= 0.3 is 6.16 Å². The summed E-state index contributed by atoms with van der Waals surface area (Å²) in [6.45, 7) is 4.82. The molecule has 0 aromatic rings. The summed E-state index contributed by atoms with van der Waals surface area (Å²) < 4.78 is 9.11. The Kier molecular flexibility index (Phi) is 8.37. The summed E-state index contributed by atoms with van der Waals surface area (Å²) in [6, 6.07) is 0. The summed E-state index contributed by atoms with van der Waals surface area (Å²) in [5.41, 5.74) is 0. The molecule has 0 spiro atoms. The van der Waals surface area contributed by atoms with Crippen molar-refractivity contribution in [3.05, 3.63) is 5.21 Å². The number of carbonyl (C=O) groups is 1. The van der Waals surface area contributed by atoms with E-state index in [9.17, 15) is 10.0 Å². The molecule has 0 amide bonds.